The van der Waals surface area contributed by atoms with Gasteiger partial charge >= 0.3 is 0 Å². The van der Waals surface area contributed by atoms with Gasteiger partial charge in [0.05, 0.1) is 12.3 Å². The predicted octanol–water partition coefficient (Wildman–Crippen LogP) is 2.73. The number of fused-ring (bicyclic) bond motifs is 1. The van der Waals surface area contributed by atoms with Gasteiger partial charge in [-0.15, -0.1) is 11.3 Å². The lowest BCUT2D eigenvalue weighted by atomic mass is 9.82. The number of aromatic nitrogens is 2. The van der Waals surface area contributed by atoms with E-state index in [0.29, 0.717) is 0 Å². The fraction of sp³-hybridized carbons (Fsp3) is 0.667. The normalized spacial score (nSPS) is 23.8. The van der Waals surface area contributed by atoms with Crippen molar-refractivity contribution in [3.05, 3.63) is 23.5 Å². The molecular formula is C15H23N3OS. The molecule has 1 fully saturated rings. The molecule has 3 heterocycles. The molecule has 4 nitrogen and oxygen atoms in total. The van der Waals surface area contributed by atoms with Crippen LogP contribution in [0.3, 0.4) is 0 Å². The number of hydrogen-bond donors (Lipinski definition) is 1. The van der Waals surface area contributed by atoms with E-state index in [0.717, 1.165) is 37.6 Å². The van der Waals surface area contributed by atoms with Crippen LogP contribution in [-0.2, 0) is 11.2 Å². The molecule has 0 radical (unpaired) electrons. The summed E-state index contributed by atoms with van der Waals surface area (Å²) in [5.41, 5.74) is 1.51. The molecule has 1 saturated heterocycles. The number of hydrogen-bond acceptors (Lipinski definition) is 4. The molecule has 1 aliphatic rings. The third-order valence-electron chi connectivity index (χ3n) is 3.88. The van der Waals surface area contributed by atoms with Gasteiger partial charge in [0.1, 0.15) is 0 Å². The molecule has 0 spiro atoms. The molecule has 0 aliphatic carbocycles. The van der Waals surface area contributed by atoms with Crippen LogP contribution in [0, 0.1) is 5.41 Å². The fourth-order valence-electron chi connectivity index (χ4n) is 2.69. The molecule has 5 heteroatoms. The zero-order valence-electron chi connectivity index (χ0n) is 12.5. The van der Waals surface area contributed by atoms with Crippen LogP contribution in [0.15, 0.2) is 17.8 Å². The number of ether oxygens (including phenoxy) is 1. The maximum Gasteiger partial charge on any atom is 0.193 e. The molecule has 0 aromatic carbocycles. The van der Waals surface area contributed by atoms with Gasteiger partial charge in [-0.25, -0.2) is 4.98 Å². The topological polar surface area (TPSA) is 38.6 Å². The summed E-state index contributed by atoms with van der Waals surface area (Å²) in [4.78, 5) is 5.81. The molecule has 110 valence electrons. The molecule has 1 unspecified atom stereocenters. The highest BCUT2D eigenvalue weighted by atomic mass is 32.1. The first-order valence-electron chi connectivity index (χ1n) is 7.20. The first kappa shape index (κ1) is 14.0. The van der Waals surface area contributed by atoms with E-state index < -0.39 is 0 Å². The Bertz CT molecular complexity index is 547. The molecule has 0 amide bonds. The van der Waals surface area contributed by atoms with Crippen LogP contribution in [0.5, 0.6) is 0 Å². The average Bonchev–Trinajstić information content (AvgIpc) is 3.02. The van der Waals surface area contributed by atoms with Gasteiger partial charge in [0.25, 0.3) is 0 Å². The molecule has 1 atom stereocenters. The lowest BCUT2D eigenvalue weighted by molar-refractivity contribution is 0.143. The minimum Gasteiger partial charge on any atom is -0.381 e. The van der Waals surface area contributed by atoms with Crippen molar-refractivity contribution in [3.8, 4) is 0 Å². The Labute approximate surface area is 124 Å². The van der Waals surface area contributed by atoms with Gasteiger partial charge in [-0.3, -0.25) is 4.40 Å². The molecule has 1 N–H and O–H groups in total. The van der Waals surface area contributed by atoms with Crippen molar-refractivity contribution in [1.82, 2.24) is 14.7 Å². The maximum absolute atomic E-state index is 5.68. The van der Waals surface area contributed by atoms with Gasteiger partial charge in [0.2, 0.25) is 0 Å². The molecule has 0 saturated carbocycles. The largest absolute Gasteiger partial charge is 0.381 e. The Balaban J connectivity index is 1.75. The SMILES string of the molecule is CC(C)(C)NCC1(Cc2cn3ccsc3n2)CCOC1. The summed E-state index contributed by atoms with van der Waals surface area (Å²) >= 11 is 1.69. The zero-order valence-corrected chi connectivity index (χ0v) is 13.3. The summed E-state index contributed by atoms with van der Waals surface area (Å²) < 4.78 is 7.79. The number of thiazole rings is 1. The van der Waals surface area contributed by atoms with Crippen LogP contribution in [-0.4, -0.2) is 34.7 Å². The van der Waals surface area contributed by atoms with Crippen molar-refractivity contribution in [2.45, 2.75) is 39.2 Å². The van der Waals surface area contributed by atoms with E-state index in [9.17, 15) is 0 Å². The first-order chi connectivity index (χ1) is 9.46. The van der Waals surface area contributed by atoms with Crippen molar-refractivity contribution in [2.24, 2.45) is 5.41 Å². The molecular weight excluding hydrogens is 270 g/mol. The Morgan fingerprint density at radius 2 is 2.35 bits per heavy atom. The predicted molar refractivity (Wildman–Crippen MR) is 82.4 cm³/mol. The number of rotatable bonds is 4. The van der Waals surface area contributed by atoms with Crippen LogP contribution < -0.4 is 5.32 Å². The zero-order chi connectivity index (χ0) is 14.2. The van der Waals surface area contributed by atoms with Crippen molar-refractivity contribution in [1.29, 1.82) is 0 Å². The molecule has 0 bridgehead atoms. The van der Waals surface area contributed by atoms with E-state index in [4.69, 9.17) is 9.72 Å². The average molecular weight is 293 g/mol. The van der Waals surface area contributed by atoms with Crippen LogP contribution >= 0.6 is 11.3 Å². The van der Waals surface area contributed by atoms with E-state index in [1.165, 1.54) is 5.69 Å². The highest BCUT2D eigenvalue weighted by molar-refractivity contribution is 7.15. The maximum atomic E-state index is 5.68. The second-order valence-electron chi connectivity index (χ2n) is 6.91. The molecule has 20 heavy (non-hydrogen) atoms. The third kappa shape index (κ3) is 3.05. The summed E-state index contributed by atoms with van der Waals surface area (Å²) in [5, 5.41) is 5.71. The van der Waals surface area contributed by atoms with Gasteiger partial charge in [0, 0.05) is 48.3 Å². The minimum absolute atomic E-state index is 0.143. The molecule has 2 aromatic rings. The van der Waals surface area contributed by atoms with E-state index in [-0.39, 0.29) is 11.0 Å². The van der Waals surface area contributed by atoms with E-state index in [2.05, 4.69) is 48.3 Å². The monoisotopic (exact) mass is 293 g/mol. The Kier molecular flexibility index (Phi) is 3.60. The molecule has 1 aliphatic heterocycles. The van der Waals surface area contributed by atoms with Gasteiger partial charge in [-0.2, -0.15) is 0 Å². The molecule has 3 rings (SSSR count). The quantitative estimate of drug-likeness (QED) is 0.942. The minimum atomic E-state index is 0.143. The summed E-state index contributed by atoms with van der Waals surface area (Å²) in [7, 11) is 0. The van der Waals surface area contributed by atoms with E-state index in [1.54, 1.807) is 11.3 Å². The Morgan fingerprint density at radius 1 is 1.50 bits per heavy atom. The number of nitrogens with zero attached hydrogens (tertiary/aromatic N) is 2. The smallest absolute Gasteiger partial charge is 0.193 e. The van der Waals surface area contributed by atoms with Crippen molar-refractivity contribution < 1.29 is 4.74 Å². The third-order valence-corrected chi connectivity index (χ3v) is 4.65. The Morgan fingerprint density at radius 3 is 3.00 bits per heavy atom. The fourth-order valence-corrected chi connectivity index (χ4v) is 3.41. The van der Waals surface area contributed by atoms with Crippen molar-refractivity contribution >= 4 is 16.3 Å². The van der Waals surface area contributed by atoms with E-state index >= 15 is 0 Å². The Hall–Kier alpha value is -0.910. The lowest BCUT2D eigenvalue weighted by Crippen LogP contribution is -2.45. The summed E-state index contributed by atoms with van der Waals surface area (Å²) in [6.07, 6.45) is 6.33. The summed E-state index contributed by atoms with van der Waals surface area (Å²) in [6.45, 7) is 9.33. The van der Waals surface area contributed by atoms with Crippen LogP contribution in [0.1, 0.15) is 32.9 Å². The second kappa shape index (κ2) is 5.13. The van der Waals surface area contributed by atoms with Crippen molar-refractivity contribution in [2.75, 3.05) is 19.8 Å². The number of nitrogens with one attached hydrogen (secondary N) is 1. The van der Waals surface area contributed by atoms with Gasteiger partial charge in [0.15, 0.2) is 4.96 Å². The van der Waals surface area contributed by atoms with E-state index in [1.807, 2.05) is 0 Å². The first-order valence-corrected chi connectivity index (χ1v) is 8.08. The number of imidazole rings is 1. The van der Waals surface area contributed by atoms with Crippen molar-refractivity contribution in [3.63, 3.8) is 0 Å². The highest BCUT2D eigenvalue weighted by Crippen LogP contribution is 2.32. The second-order valence-corrected chi connectivity index (χ2v) is 7.78. The van der Waals surface area contributed by atoms with Crippen LogP contribution in [0.4, 0.5) is 0 Å². The van der Waals surface area contributed by atoms with Crippen LogP contribution in [0.25, 0.3) is 4.96 Å². The standard InChI is InChI=1S/C15H23N3OS/c1-14(2,3)16-10-15(4-6-19-11-15)8-12-9-18-5-7-20-13(18)17-12/h5,7,9,16H,4,6,8,10-11H2,1-3H3. The van der Waals surface area contributed by atoms with Crippen LogP contribution in [0.2, 0.25) is 0 Å². The van der Waals surface area contributed by atoms with Gasteiger partial charge in [-0.1, -0.05) is 0 Å². The van der Waals surface area contributed by atoms with Gasteiger partial charge < -0.3 is 10.1 Å². The lowest BCUT2D eigenvalue weighted by Gasteiger charge is -2.31. The summed E-state index contributed by atoms with van der Waals surface area (Å²) in [6, 6.07) is 0. The summed E-state index contributed by atoms with van der Waals surface area (Å²) in [5.74, 6) is 0. The highest BCUT2D eigenvalue weighted by Gasteiger charge is 2.36. The van der Waals surface area contributed by atoms with Gasteiger partial charge in [-0.05, 0) is 27.2 Å². The molecule has 2 aromatic heterocycles.